The molecule has 9 heteroatoms. The zero-order valence-electron chi connectivity index (χ0n) is 12.4. The minimum atomic E-state index is -3.96. The van der Waals surface area contributed by atoms with Crippen LogP contribution in [0.4, 0.5) is 0 Å². The van der Waals surface area contributed by atoms with E-state index in [-0.39, 0.29) is 25.3 Å². The van der Waals surface area contributed by atoms with Crippen LogP contribution >= 0.6 is 0 Å². The summed E-state index contributed by atoms with van der Waals surface area (Å²) in [6, 6.07) is 0. The molecule has 0 unspecified atom stereocenters. The van der Waals surface area contributed by atoms with Crippen LogP contribution in [-0.4, -0.2) is 47.2 Å². The maximum Gasteiger partial charge on any atom is 0.330 e. The molecular weight excluding hydrogens is 298 g/mol. The Morgan fingerprint density at radius 1 is 1.14 bits per heavy atom. The predicted octanol–water partition coefficient (Wildman–Crippen LogP) is -1.12. The van der Waals surface area contributed by atoms with E-state index in [1.54, 1.807) is 13.8 Å². The first kappa shape index (κ1) is 15.9. The third-order valence-electron chi connectivity index (χ3n) is 3.42. The number of morpholine rings is 1. The summed E-state index contributed by atoms with van der Waals surface area (Å²) in [5, 5.41) is 0. The van der Waals surface area contributed by atoms with Crippen LogP contribution in [0.25, 0.3) is 0 Å². The van der Waals surface area contributed by atoms with Gasteiger partial charge in [0, 0.05) is 33.4 Å². The highest BCUT2D eigenvalue weighted by Crippen LogP contribution is 2.18. The predicted molar refractivity (Wildman–Crippen MR) is 75.7 cm³/mol. The highest BCUT2D eigenvalue weighted by Gasteiger charge is 2.34. The summed E-state index contributed by atoms with van der Waals surface area (Å²) >= 11 is 0. The molecule has 118 valence electrons. The smallest absolute Gasteiger partial charge is 0.330 e. The van der Waals surface area contributed by atoms with Gasteiger partial charge in [-0.05, 0) is 13.8 Å². The first-order valence-corrected chi connectivity index (χ1v) is 8.01. The van der Waals surface area contributed by atoms with Crippen LogP contribution in [0, 0.1) is 0 Å². The third-order valence-corrected chi connectivity index (χ3v) is 5.23. The third kappa shape index (κ3) is 2.81. The number of ether oxygens (including phenoxy) is 1. The average Bonchev–Trinajstić information content (AvgIpc) is 2.39. The van der Waals surface area contributed by atoms with E-state index in [9.17, 15) is 18.0 Å². The van der Waals surface area contributed by atoms with E-state index in [0.29, 0.717) is 0 Å². The molecule has 8 nitrogen and oxygen atoms in total. The molecule has 0 amide bonds. The summed E-state index contributed by atoms with van der Waals surface area (Å²) in [7, 11) is -1.29. The van der Waals surface area contributed by atoms with Gasteiger partial charge >= 0.3 is 5.69 Å². The molecule has 0 radical (unpaired) electrons. The van der Waals surface area contributed by atoms with Crippen molar-refractivity contribution in [2.45, 2.75) is 31.0 Å². The summed E-state index contributed by atoms with van der Waals surface area (Å²) in [6.45, 7) is 3.91. The summed E-state index contributed by atoms with van der Waals surface area (Å²) < 4.78 is 33.9. The number of nitrogens with zero attached hydrogens (tertiary/aromatic N) is 3. The van der Waals surface area contributed by atoms with Crippen LogP contribution in [0.3, 0.4) is 0 Å². The monoisotopic (exact) mass is 317 g/mol. The molecule has 1 aliphatic heterocycles. The number of hydrogen-bond acceptors (Lipinski definition) is 5. The molecule has 0 bridgehead atoms. The number of aromatic nitrogens is 2. The number of aryl methyl sites for hydroxylation is 1. The van der Waals surface area contributed by atoms with Crippen LogP contribution in [0.2, 0.25) is 0 Å². The van der Waals surface area contributed by atoms with E-state index >= 15 is 0 Å². The lowest BCUT2D eigenvalue weighted by Crippen LogP contribution is -2.50. The van der Waals surface area contributed by atoms with E-state index in [0.717, 1.165) is 15.3 Å². The molecule has 0 spiro atoms. The van der Waals surface area contributed by atoms with Crippen LogP contribution in [0.5, 0.6) is 0 Å². The van der Waals surface area contributed by atoms with Crippen molar-refractivity contribution in [3.63, 3.8) is 0 Å². The second-order valence-electron chi connectivity index (χ2n) is 5.33. The molecule has 0 aromatic carbocycles. The van der Waals surface area contributed by atoms with Gasteiger partial charge in [-0.3, -0.25) is 9.36 Å². The molecule has 1 aliphatic rings. The molecule has 1 saturated heterocycles. The fourth-order valence-corrected chi connectivity index (χ4v) is 4.16. The Balaban J connectivity index is 2.55. The first-order valence-electron chi connectivity index (χ1n) is 6.57. The largest absolute Gasteiger partial charge is 0.373 e. The van der Waals surface area contributed by atoms with Gasteiger partial charge in [0.15, 0.2) is 4.90 Å². The highest BCUT2D eigenvalue weighted by molar-refractivity contribution is 7.89. The summed E-state index contributed by atoms with van der Waals surface area (Å²) in [4.78, 5) is 23.4. The molecule has 2 atom stereocenters. The van der Waals surface area contributed by atoms with Gasteiger partial charge in [-0.25, -0.2) is 13.2 Å². The summed E-state index contributed by atoms with van der Waals surface area (Å²) in [6.07, 6.45) is 0.574. The second-order valence-corrected chi connectivity index (χ2v) is 7.24. The van der Waals surface area contributed by atoms with Gasteiger partial charge in [-0.2, -0.15) is 4.31 Å². The lowest BCUT2D eigenvalue weighted by molar-refractivity contribution is -0.0441. The van der Waals surface area contributed by atoms with Gasteiger partial charge in [-0.1, -0.05) is 0 Å². The Morgan fingerprint density at radius 2 is 1.67 bits per heavy atom. The van der Waals surface area contributed by atoms with E-state index in [4.69, 9.17) is 4.74 Å². The van der Waals surface area contributed by atoms with Crippen molar-refractivity contribution >= 4 is 10.0 Å². The molecule has 0 aliphatic carbocycles. The van der Waals surface area contributed by atoms with Crippen LogP contribution < -0.4 is 11.2 Å². The average molecular weight is 317 g/mol. The normalized spacial score (nSPS) is 24.2. The quantitative estimate of drug-likeness (QED) is 0.689. The van der Waals surface area contributed by atoms with E-state index in [2.05, 4.69) is 0 Å². The topological polar surface area (TPSA) is 90.6 Å². The van der Waals surface area contributed by atoms with Crippen LogP contribution in [0.15, 0.2) is 20.7 Å². The minimum Gasteiger partial charge on any atom is -0.373 e. The fraction of sp³-hybridized carbons (Fsp3) is 0.667. The molecule has 1 aromatic rings. The molecule has 2 rings (SSSR count). The lowest BCUT2D eigenvalue weighted by atomic mass is 10.3. The van der Waals surface area contributed by atoms with Gasteiger partial charge < -0.3 is 9.30 Å². The standard InChI is InChI=1S/C12H19N3O5S/c1-8-5-15(6-9(2)20-8)21(18,19)10-7-13(3)12(17)14(4)11(10)16/h7-9H,5-6H2,1-4H3/t8-,9-/m1/s1. The number of hydrogen-bond donors (Lipinski definition) is 0. The number of rotatable bonds is 2. The van der Waals surface area contributed by atoms with Crippen molar-refractivity contribution in [3.05, 3.63) is 27.0 Å². The zero-order valence-corrected chi connectivity index (χ0v) is 13.3. The molecule has 1 aromatic heterocycles. The van der Waals surface area contributed by atoms with Gasteiger partial charge in [-0.15, -0.1) is 0 Å². The highest BCUT2D eigenvalue weighted by atomic mass is 32.2. The van der Waals surface area contributed by atoms with E-state index in [1.165, 1.54) is 18.4 Å². The molecule has 1 fully saturated rings. The first-order chi connectivity index (χ1) is 9.64. The number of sulfonamides is 1. The van der Waals surface area contributed by atoms with Gasteiger partial charge in [0.25, 0.3) is 5.56 Å². The van der Waals surface area contributed by atoms with Crippen molar-refractivity contribution in [3.8, 4) is 0 Å². The Labute approximate surface area is 122 Å². The van der Waals surface area contributed by atoms with Crippen molar-refractivity contribution < 1.29 is 13.2 Å². The maximum atomic E-state index is 12.7. The lowest BCUT2D eigenvalue weighted by Gasteiger charge is -2.34. The second kappa shape index (κ2) is 5.39. The van der Waals surface area contributed by atoms with E-state index < -0.39 is 26.2 Å². The van der Waals surface area contributed by atoms with Gasteiger partial charge in [0.1, 0.15) is 0 Å². The van der Waals surface area contributed by atoms with Crippen LogP contribution in [-0.2, 0) is 28.9 Å². The molecule has 21 heavy (non-hydrogen) atoms. The van der Waals surface area contributed by atoms with Crippen molar-refractivity contribution in [1.29, 1.82) is 0 Å². The maximum absolute atomic E-state index is 12.7. The van der Waals surface area contributed by atoms with Crippen molar-refractivity contribution in [1.82, 2.24) is 13.4 Å². The Morgan fingerprint density at radius 3 is 2.19 bits per heavy atom. The zero-order chi connectivity index (χ0) is 15.9. The molecule has 2 heterocycles. The van der Waals surface area contributed by atoms with Gasteiger partial charge in [0.2, 0.25) is 10.0 Å². The molecule has 0 N–H and O–H groups in total. The van der Waals surface area contributed by atoms with Crippen molar-refractivity contribution in [2.75, 3.05) is 13.1 Å². The Kier molecular flexibility index (Phi) is 4.09. The Hall–Kier alpha value is -1.45. The fourth-order valence-electron chi connectivity index (χ4n) is 2.42. The summed E-state index contributed by atoms with van der Waals surface area (Å²) in [5.74, 6) is 0. The SMILES string of the molecule is C[C@@H]1CN(S(=O)(=O)c2cn(C)c(=O)n(C)c2=O)C[C@@H](C)O1. The Bertz CT molecular complexity index is 754. The van der Waals surface area contributed by atoms with Crippen LogP contribution in [0.1, 0.15) is 13.8 Å². The minimum absolute atomic E-state index is 0.179. The van der Waals surface area contributed by atoms with E-state index in [1.807, 2.05) is 0 Å². The summed E-state index contributed by atoms with van der Waals surface area (Å²) in [5.41, 5.74) is -1.38. The molecular formula is C12H19N3O5S. The van der Waals surface area contributed by atoms with Crippen molar-refractivity contribution in [2.24, 2.45) is 14.1 Å². The molecule has 0 saturated carbocycles. The van der Waals surface area contributed by atoms with Gasteiger partial charge in [0.05, 0.1) is 12.2 Å².